The fourth-order valence-electron chi connectivity index (χ4n) is 2.28. The van der Waals surface area contributed by atoms with E-state index in [1.54, 1.807) is 17.6 Å². The van der Waals surface area contributed by atoms with Crippen LogP contribution in [0.2, 0.25) is 0 Å². The van der Waals surface area contributed by atoms with Gasteiger partial charge >= 0.3 is 5.97 Å². The van der Waals surface area contributed by atoms with Gasteiger partial charge in [0.25, 0.3) is 0 Å². The fraction of sp³-hybridized carbons (Fsp3) is 0.250. The summed E-state index contributed by atoms with van der Waals surface area (Å²) in [4.78, 5) is 13.3. The molecule has 2 aromatic rings. The van der Waals surface area contributed by atoms with Gasteiger partial charge in [0.15, 0.2) is 0 Å². The first-order valence-electron chi connectivity index (χ1n) is 5.61. The number of anilines is 1. The Hall–Kier alpha value is -1.95. The summed E-state index contributed by atoms with van der Waals surface area (Å²) in [5.41, 5.74) is 4.14. The molecule has 0 saturated heterocycles. The van der Waals surface area contributed by atoms with Gasteiger partial charge in [-0.2, -0.15) is 0 Å². The van der Waals surface area contributed by atoms with Crippen LogP contribution < -0.4 is 4.90 Å². The first-order chi connectivity index (χ1) is 8.75. The van der Waals surface area contributed by atoms with Gasteiger partial charge in [-0.3, -0.25) is 0 Å². The van der Waals surface area contributed by atoms with E-state index in [9.17, 15) is 4.79 Å². The summed E-state index contributed by atoms with van der Waals surface area (Å²) >= 11 is 1.50. The highest BCUT2D eigenvalue weighted by Gasteiger charge is 2.22. The molecule has 1 N–H and O–H groups in total. The van der Waals surface area contributed by atoms with Crippen LogP contribution in [0.25, 0.3) is 0 Å². The van der Waals surface area contributed by atoms with E-state index < -0.39 is 5.97 Å². The van der Waals surface area contributed by atoms with Crippen LogP contribution in [0.5, 0.6) is 0 Å². The Balaban J connectivity index is 1.94. The van der Waals surface area contributed by atoms with Crippen molar-refractivity contribution in [2.75, 3.05) is 11.4 Å². The number of carbonyl (C=O) groups is 1. The second-order valence-corrected chi connectivity index (χ2v) is 4.95. The van der Waals surface area contributed by atoms with E-state index in [0.29, 0.717) is 12.1 Å². The standard InChI is InChI=1S/C12H11N3O2S/c16-11(17)10-3-1-2-8-6-15(5-4-9(8)10)12-14-13-7-18-12/h1-3,7H,4-6H2,(H,16,17). The zero-order valence-corrected chi connectivity index (χ0v) is 10.4. The van der Waals surface area contributed by atoms with Crippen molar-refractivity contribution in [1.29, 1.82) is 0 Å². The Morgan fingerprint density at radius 1 is 1.44 bits per heavy atom. The van der Waals surface area contributed by atoms with Crippen LogP contribution in [0.1, 0.15) is 21.5 Å². The number of carboxylic acids is 1. The smallest absolute Gasteiger partial charge is 0.335 e. The summed E-state index contributed by atoms with van der Waals surface area (Å²) in [7, 11) is 0. The fourth-order valence-corrected chi connectivity index (χ4v) is 2.87. The molecular weight excluding hydrogens is 250 g/mol. The predicted octanol–water partition coefficient (Wildman–Crippen LogP) is 1.80. The van der Waals surface area contributed by atoms with Crippen LogP contribution in [-0.4, -0.2) is 27.8 Å². The predicted molar refractivity (Wildman–Crippen MR) is 68.1 cm³/mol. The summed E-state index contributed by atoms with van der Waals surface area (Å²) in [5, 5.41) is 17.9. The summed E-state index contributed by atoms with van der Waals surface area (Å²) in [6, 6.07) is 5.45. The van der Waals surface area contributed by atoms with Crippen molar-refractivity contribution in [2.24, 2.45) is 0 Å². The Labute approximate surface area is 108 Å². The average Bonchev–Trinajstić information content (AvgIpc) is 2.91. The van der Waals surface area contributed by atoms with Gasteiger partial charge in [-0.15, -0.1) is 10.2 Å². The lowest BCUT2D eigenvalue weighted by Gasteiger charge is -2.28. The maximum Gasteiger partial charge on any atom is 0.335 e. The van der Waals surface area contributed by atoms with Gasteiger partial charge in [0.1, 0.15) is 5.51 Å². The van der Waals surface area contributed by atoms with E-state index in [1.807, 2.05) is 6.07 Å². The number of rotatable bonds is 2. The molecule has 0 saturated carbocycles. The number of aromatic nitrogens is 2. The quantitative estimate of drug-likeness (QED) is 0.893. The molecule has 0 atom stereocenters. The molecular formula is C12H11N3O2S. The minimum Gasteiger partial charge on any atom is -0.478 e. The molecule has 1 aliphatic rings. The maximum atomic E-state index is 11.1. The third kappa shape index (κ3) is 1.84. The van der Waals surface area contributed by atoms with Crippen molar-refractivity contribution in [2.45, 2.75) is 13.0 Å². The van der Waals surface area contributed by atoms with Gasteiger partial charge in [-0.1, -0.05) is 23.5 Å². The zero-order valence-electron chi connectivity index (χ0n) is 9.54. The van der Waals surface area contributed by atoms with Gasteiger partial charge in [0.05, 0.1) is 5.56 Å². The molecule has 0 radical (unpaired) electrons. The van der Waals surface area contributed by atoms with Crippen LogP contribution in [0.15, 0.2) is 23.7 Å². The highest BCUT2D eigenvalue weighted by Crippen LogP contribution is 2.27. The second-order valence-electron chi connectivity index (χ2n) is 4.14. The molecule has 3 rings (SSSR count). The van der Waals surface area contributed by atoms with Crippen LogP contribution in [0.3, 0.4) is 0 Å². The Bertz CT molecular complexity index is 583. The molecule has 1 aromatic carbocycles. The number of fused-ring (bicyclic) bond motifs is 1. The minimum absolute atomic E-state index is 0.421. The van der Waals surface area contributed by atoms with Crippen LogP contribution in [-0.2, 0) is 13.0 Å². The van der Waals surface area contributed by atoms with Gasteiger partial charge in [0.2, 0.25) is 5.13 Å². The summed E-state index contributed by atoms with van der Waals surface area (Å²) in [5.74, 6) is -0.851. The molecule has 0 fully saturated rings. The lowest BCUT2D eigenvalue weighted by molar-refractivity contribution is 0.0695. The van der Waals surface area contributed by atoms with Crippen molar-refractivity contribution < 1.29 is 9.90 Å². The van der Waals surface area contributed by atoms with Gasteiger partial charge < -0.3 is 10.0 Å². The molecule has 0 spiro atoms. The molecule has 18 heavy (non-hydrogen) atoms. The summed E-state index contributed by atoms with van der Waals surface area (Å²) in [6.45, 7) is 1.48. The molecule has 0 aliphatic carbocycles. The van der Waals surface area contributed by atoms with E-state index in [2.05, 4.69) is 15.1 Å². The lowest BCUT2D eigenvalue weighted by atomic mass is 9.95. The van der Waals surface area contributed by atoms with E-state index in [1.165, 1.54) is 11.3 Å². The SMILES string of the molecule is O=C(O)c1cccc2c1CCN(c1nncs1)C2. The van der Waals surface area contributed by atoms with Gasteiger partial charge in [-0.05, 0) is 23.6 Å². The largest absolute Gasteiger partial charge is 0.478 e. The second kappa shape index (κ2) is 4.38. The Morgan fingerprint density at radius 2 is 2.33 bits per heavy atom. The van der Waals surface area contributed by atoms with Gasteiger partial charge in [-0.25, -0.2) is 4.79 Å². The molecule has 1 aliphatic heterocycles. The monoisotopic (exact) mass is 261 g/mol. The number of nitrogens with zero attached hydrogens (tertiary/aromatic N) is 3. The maximum absolute atomic E-state index is 11.1. The summed E-state index contributed by atoms with van der Waals surface area (Å²) in [6.07, 6.45) is 0.734. The first kappa shape index (κ1) is 11.2. The molecule has 5 nitrogen and oxygen atoms in total. The molecule has 1 aromatic heterocycles. The van der Waals surface area contributed by atoms with E-state index in [4.69, 9.17) is 5.11 Å². The molecule has 0 amide bonds. The third-order valence-electron chi connectivity index (χ3n) is 3.12. The normalized spacial score (nSPS) is 14.3. The van der Waals surface area contributed by atoms with Crippen molar-refractivity contribution in [3.8, 4) is 0 Å². The molecule has 92 valence electrons. The number of aromatic carboxylic acids is 1. The highest BCUT2D eigenvalue weighted by atomic mass is 32.1. The number of hydrogen-bond donors (Lipinski definition) is 1. The highest BCUT2D eigenvalue weighted by molar-refractivity contribution is 7.13. The summed E-state index contributed by atoms with van der Waals surface area (Å²) < 4.78 is 0. The van der Waals surface area contributed by atoms with Crippen molar-refractivity contribution >= 4 is 22.4 Å². The Morgan fingerprint density at radius 3 is 3.06 bits per heavy atom. The van der Waals surface area contributed by atoms with E-state index in [-0.39, 0.29) is 0 Å². The topological polar surface area (TPSA) is 66.3 Å². The van der Waals surface area contributed by atoms with Crippen LogP contribution >= 0.6 is 11.3 Å². The minimum atomic E-state index is -0.851. The molecule has 2 heterocycles. The van der Waals surface area contributed by atoms with Crippen molar-refractivity contribution in [3.05, 3.63) is 40.4 Å². The third-order valence-corrected chi connectivity index (χ3v) is 3.87. The van der Waals surface area contributed by atoms with E-state index in [0.717, 1.165) is 29.2 Å². The number of benzene rings is 1. The van der Waals surface area contributed by atoms with Gasteiger partial charge in [0, 0.05) is 13.1 Å². The van der Waals surface area contributed by atoms with E-state index >= 15 is 0 Å². The molecule has 0 unspecified atom stereocenters. The van der Waals surface area contributed by atoms with Crippen molar-refractivity contribution in [1.82, 2.24) is 10.2 Å². The zero-order chi connectivity index (χ0) is 12.5. The van der Waals surface area contributed by atoms with Crippen LogP contribution in [0.4, 0.5) is 5.13 Å². The lowest BCUT2D eigenvalue weighted by Crippen LogP contribution is -2.31. The number of hydrogen-bond acceptors (Lipinski definition) is 5. The Kier molecular flexibility index (Phi) is 2.71. The average molecular weight is 261 g/mol. The van der Waals surface area contributed by atoms with Crippen molar-refractivity contribution in [3.63, 3.8) is 0 Å². The first-order valence-corrected chi connectivity index (χ1v) is 6.49. The molecule has 6 heteroatoms. The number of carboxylic acid groups (broad SMARTS) is 1. The molecule has 0 bridgehead atoms. The van der Waals surface area contributed by atoms with Crippen LogP contribution in [0, 0.1) is 0 Å².